The van der Waals surface area contributed by atoms with E-state index in [2.05, 4.69) is 24.0 Å². The molecule has 4 atom stereocenters. The molecule has 2 N–H and O–H groups in total. The Hall–Kier alpha value is -2.34. The normalized spacial score (nSPS) is 26.2. The molecule has 0 unspecified atom stereocenters. The molecule has 26 heavy (non-hydrogen) atoms. The zero-order chi connectivity index (χ0) is 18.2. The summed E-state index contributed by atoms with van der Waals surface area (Å²) in [6.07, 6.45) is 6.56. The maximum atomic E-state index is 11.5. The summed E-state index contributed by atoms with van der Waals surface area (Å²) in [7, 11) is 0. The second-order valence-electron chi connectivity index (χ2n) is 7.73. The Labute approximate surface area is 155 Å². The Kier molecular flexibility index (Phi) is 4.23. The van der Waals surface area contributed by atoms with Crippen LogP contribution in [-0.4, -0.2) is 15.8 Å². The Morgan fingerprint density at radius 2 is 1.38 bits per heavy atom. The van der Waals surface area contributed by atoms with E-state index in [1.807, 2.05) is 60.7 Å². The quantitative estimate of drug-likeness (QED) is 0.655. The number of aliphatic hydroxyl groups is 2. The fraction of sp³-hybridized carbons (Fsp3) is 0.333. The number of benzene rings is 2. The third kappa shape index (κ3) is 2.98. The van der Waals surface area contributed by atoms with Gasteiger partial charge in [0.25, 0.3) is 0 Å². The van der Waals surface area contributed by atoms with E-state index in [4.69, 9.17) is 0 Å². The van der Waals surface area contributed by atoms with Gasteiger partial charge in [-0.2, -0.15) is 0 Å². The molecule has 2 nitrogen and oxygen atoms in total. The molecule has 132 valence electrons. The predicted molar refractivity (Wildman–Crippen MR) is 103 cm³/mol. The highest BCUT2D eigenvalue weighted by atomic mass is 16.3. The lowest BCUT2D eigenvalue weighted by Gasteiger charge is -2.31. The van der Waals surface area contributed by atoms with Crippen molar-refractivity contribution in [2.24, 2.45) is 17.8 Å². The molecular formula is C24H24O2. The highest BCUT2D eigenvalue weighted by Gasteiger charge is 2.45. The molecule has 0 saturated heterocycles. The number of allylic oxidation sites excluding steroid dienone is 2. The van der Waals surface area contributed by atoms with Crippen LogP contribution in [0.5, 0.6) is 0 Å². The zero-order valence-electron chi connectivity index (χ0n) is 15.0. The number of fused-ring (bicyclic) bond motifs is 2. The second kappa shape index (κ2) is 6.43. The molecule has 1 fully saturated rings. The molecule has 0 aliphatic heterocycles. The smallest absolute Gasteiger partial charge is 0.176 e. The van der Waals surface area contributed by atoms with E-state index in [-0.39, 0.29) is 5.92 Å². The highest BCUT2D eigenvalue weighted by molar-refractivity contribution is 5.45. The third-order valence-corrected chi connectivity index (χ3v) is 5.88. The van der Waals surface area contributed by atoms with Crippen molar-refractivity contribution in [1.29, 1.82) is 0 Å². The van der Waals surface area contributed by atoms with E-state index in [9.17, 15) is 10.2 Å². The molecule has 2 bridgehead atoms. The molecule has 0 spiro atoms. The van der Waals surface area contributed by atoms with E-state index in [0.29, 0.717) is 23.0 Å². The number of rotatable bonds is 3. The summed E-state index contributed by atoms with van der Waals surface area (Å²) in [5.74, 6) is 7.17. The fourth-order valence-electron chi connectivity index (χ4n) is 4.41. The number of hydrogen-bond acceptors (Lipinski definition) is 2. The Bertz CT molecular complexity index is 816. The van der Waals surface area contributed by atoms with Gasteiger partial charge in [-0.05, 0) is 31.6 Å². The van der Waals surface area contributed by atoms with Gasteiger partial charge in [0.15, 0.2) is 5.60 Å². The van der Waals surface area contributed by atoms with Gasteiger partial charge in [-0.3, -0.25) is 0 Å². The average Bonchev–Trinajstić information content (AvgIpc) is 3.32. The number of hydrogen-bond donors (Lipinski definition) is 2. The summed E-state index contributed by atoms with van der Waals surface area (Å²) >= 11 is 0. The Balaban J connectivity index is 1.73. The monoisotopic (exact) mass is 344 g/mol. The van der Waals surface area contributed by atoms with Crippen molar-refractivity contribution in [1.82, 2.24) is 0 Å². The summed E-state index contributed by atoms with van der Waals surface area (Å²) in [6, 6.07) is 18.9. The van der Waals surface area contributed by atoms with Gasteiger partial charge in [-0.15, -0.1) is 0 Å². The lowest BCUT2D eigenvalue weighted by Crippen LogP contribution is -2.36. The van der Waals surface area contributed by atoms with Crippen LogP contribution >= 0.6 is 0 Å². The predicted octanol–water partition coefficient (Wildman–Crippen LogP) is 3.89. The van der Waals surface area contributed by atoms with Crippen LogP contribution in [0.15, 0.2) is 72.8 Å². The average molecular weight is 344 g/mol. The highest BCUT2D eigenvalue weighted by Crippen LogP contribution is 2.48. The van der Waals surface area contributed by atoms with E-state index < -0.39 is 11.2 Å². The van der Waals surface area contributed by atoms with Crippen LogP contribution in [0.4, 0.5) is 0 Å². The second-order valence-corrected chi connectivity index (χ2v) is 7.73. The SMILES string of the molecule is C[C@](O)(C#CC(O)(c1ccccc1)c1ccccc1)[C@@H]1C[C@H]2C=C[C@H]1C2. The first-order valence-electron chi connectivity index (χ1n) is 9.27. The summed E-state index contributed by atoms with van der Waals surface area (Å²) in [5.41, 5.74) is -1.15. The summed E-state index contributed by atoms with van der Waals surface area (Å²) in [6.45, 7) is 1.79. The molecule has 2 aliphatic rings. The Morgan fingerprint density at radius 1 is 0.808 bits per heavy atom. The van der Waals surface area contributed by atoms with Gasteiger partial charge in [0, 0.05) is 17.0 Å². The lowest BCUT2D eigenvalue weighted by molar-refractivity contribution is 0.0421. The molecule has 2 aromatic carbocycles. The summed E-state index contributed by atoms with van der Waals surface area (Å²) in [5, 5.41) is 22.6. The third-order valence-electron chi connectivity index (χ3n) is 5.88. The van der Waals surface area contributed by atoms with Crippen LogP contribution in [0.25, 0.3) is 0 Å². The molecule has 2 aromatic rings. The molecular weight excluding hydrogens is 320 g/mol. The molecule has 2 heteroatoms. The summed E-state index contributed by atoms with van der Waals surface area (Å²) in [4.78, 5) is 0. The van der Waals surface area contributed by atoms with E-state index in [0.717, 1.165) is 12.8 Å². The first kappa shape index (κ1) is 17.1. The minimum atomic E-state index is -1.44. The zero-order valence-corrected chi connectivity index (χ0v) is 15.0. The minimum Gasteiger partial charge on any atom is -0.378 e. The van der Waals surface area contributed by atoms with Crippen LogP contribution in [0, 0.1) is 29.6 Å². The molecule has 0 radical (unpaired) electrons. The molecule has 1 saturated carbocycles. The Morgan fingerprint density at radius 3 is 1.85 bits per heavy atom. The van der Waals surface area contributed by atoms with E-state index >= 15 is 0 Å². The maximum absolute atomic E-state index is 11.5. The molecule has 0 heterocycles. The van der Waals surface area contributed by atoms with E-state index in [1.165, 1.54) is 0 Å². The van der Waals surface area contributed by atoms with Crippen LogP contribution in [-0.2, 0) is 5.60 Å². The van der Waals surface area contributed by atoms with Crippen LogP contribution < -0.4 is 0 Å². The van der Waals surface area contributed by atoms with Crippen molar-refractivity contribution >= 4 is 0 Å². The van der Waals surface area contributed by atoms with Crippen LogP contribution in [0.2, 0.25) is 0 Å². The fourth-order valence-corrected chi connectivity index (χ4v) is 4.41. The van der Waals surface area contributed by atoms with Crippen LogP contribution in [0.1, 0.15) is 30.9 Å². The maximum Gasteiger partial charge on any atom is 0.176 e. The van der Waals surface area contributed by atoms with Gasteiger partial charge in [0.2, 0.25) is 0 Å². The summed E-state index contributed by atoms with van der Waals surface area (Å²) < 4.78 is 0. The van der Waals surface area contributed by atoms with Crippen molar-refractivity contribution < 1.29 is 10.2 Å². The van der Waals surface area contributed by atoms with Crippen molar-refractivity contribution in [3.05, 3.63) is 83.9 Å². The topological polar surface area (TPSA) is 40.5 Å². The van der Waals surface area contributed by atoms with Gasteiger partial charge in [-0.1, -0.05) is 84.7 Å². The molecule has 0 amide bonds. The first-order valence-corrected chi connectivity index (χ1v) is 9.27. The van der Waals surface area contributed by atoms with Crippen molar-refractivity contribution in [2.45, 2.75) is 31.0 Å². The van der Waals surface area contributed by atoms with Gasteiger partial charge < -0.3 is 10.2 Å². The van der Waals surface area contributed by atoms with Gasteiger partial charge >= 0.3 is 0 Å². The molecule has 4 rings (SSSR count). The van der Waals surface area contributed by atoms with Crippen molar-refractivity contribution in [3.63, 3.8) is 0 Å². The first-order chi connectivity index (χ1) is 12.5. The largest absolute Gasteiger partial charge is 0.378 e. The van der Waals surface area contributed by atoms with E-state index in [1.54, 1.807) is 6.92 Å². The standard InChI is InChI=1S/C24H24O2/c1-23(25,22-17-18-12-13-19(22)16-18)14-15-24(26,20-8-4-2-5-9-20)21-10-6-3-7-11-21/h2-13,18-19,22,25-26H,16-17H2,1H3/t18-,19-,22+,23-/m0/s1. The van der Waals surface area contributed by atoms with Gasteiger partial charge in [0.1, 0.15) is 5.60 Å². The lowest BCUT2D eigenvalue weighted by atomic mass is 9.79. The van der Waals surface area contributed by atoms with Gasteiger partial charge in [-0.25, -0.2) is 0 Å². The van der Waals surface area contributed by atoms with Crippen molar-refractivity contribution in [2.75, 3.05) is 0 Å². The minimum absolute atomic E-state index is 0.126. The molecule has 2 aliphatic carbocycles. The molecule has 0 aromatic heterocycles. The van der Waals surface area contributed by atoms with Crippen LogP contribution in [0.3, 0.4) is 0 Å². The van der Waals surface area contributed by atoms with Gasteiger partial charge in [0.05, 0.1) is 0 Å². The van der Waals surface area contributed by atoms with Crippen molar-refractivity contribution in [3.8, 4) is 11.8 Å².